The molecule has 1 N–H and O–H groups in total. The molecule has 1 unspecified atom stereocenters. The molecule has 7 heteroatoms. The fourth-order valence-electron chi connectivity index (χ4n) is 5.42. The van der Waals surface area contributed by atoms with Crippen molar-refractivity contribution >= 4 is 28.6 Å². The van der Waals surface area contributed by atoms with E-state index in [0.717, 1.165) is 47.3 Å². The van der Waals surface area contributed by atoms with Gasteiger partial charge in [-0.1, -0.05) is 30.2 Å². The molecule has 6 nitrogen and oxygen atoms in total. The van der Waals surface area contributed by atoms with Crippen molar-refractivity contribution in [1.82, 2.24) is 14.8 Å². The SMILES string of the molecule is CCOC(=O)N1CCc2c([nH]c3ccc(Cl)cc23)C1c1ccc(OCCCN2CCCCC2)cc1. The van der Waals surface area contributed by atoms with Crippen LogP contribution >= 0.6 is 11.6 Å². The molecule has 3 aromatic rings. The number of ether oxygens (including phenoxy) is 2. The van der Waals surface area contributed by atoms with Gasteiger partial charge in [0, 0.05) is 34.7 Å². The molecule has 0 bridgehead atoms. The highest BCUT2D eigenvalue weighted by Gasteiger charge is 2.35. The summed E-state index contributed by atoms with van der Waals surface area (Å²) >= 11 is 6.29. The number of benzene rings is 2. The second kappa shape index (κ2) is 10.9. The Morgan fingerprint density at radius 3 is 2.66 bits per heavy atom. The molecule has 2 aliphatic heterocycles. The third-order valence-electron chi connectivity index (χ3n) is 7.12. The molecular weight excluding hydrogens is 462 g/mol. The van der Waals surface area contributed by atoms with Crippen molar-refractivity contribution in [3.05, 3.63) is 64.3 Å². The van der Waals surface area contributed by atoms with Crippen LogP contribution in [0, 0.1) is 0 Å². The van der Waals surface area contributed by atoms with Crippen molar-refractivity contribution in [2.24, 2.45) is 0 Å². The molecule has 0 saturated carbocycles. The largest absolute Gasteiger partial charge is 0.494 e. The van der Waals surface area contributed by atoms with Crippen LogP contribution in [0.3, 0.4) is 0 Å². The molecule has 186 valence electrons. The third kappa shape index (κ3) is 5.29. The van der Waals surface area contributed by atoms with Crippen LogP contribution in [0.25, 0.3) is 10.9 Å². The molecule has 1 atom stereocenters. The number of piperidine rings is 1. The molecule has 0 aliphatic carbocycles. The van der Waals surface area contributed by atoms with Gasteiger partial charge in [0.05, 0.1) is 13.2 Å². The molecule has 1 fully saturated rings. The number of rotatable bonds is 7. The molecule has 2 aliphatic rings. The number of hydrogen-bond acceptors (Lipinski definition) is 4. The second-order valence-corrected chi connectivity index (χ2v) is 9.86. The van der Waals surface area contributed by atoms with Gasteiger partial charge in [0.25, 0.3) is 0 Å². The van der Waals surface area contributed by atoms with E-state index in [0.29, 0.717) is 24.8 Å². The van der Waals surface area contributed by atoms with E-state index in [1.54, 1.807) is 0 Å². The maximum atomic E-state index is 12.9. The van der Waals surface area contributed by atoms with E-state index < -0.39 is 0 Å². The summed E-state index contributed by atoms with van der Waals surface area (Å²) in [6.07, 6.45) is 5.49. The Hall–Kier alpha value is -2.70. The average Bonchev–Trinajstić information content (AvgIpc) is 3.25. The minimum atomic E-state index is -0.294. The number of aromatic nitrogens is 1. The zero-order valence-corrected chi connectivity index (χ0v) is 21.2. The molecule has 1 amide bonds. The molecule has 2 aromatic carbocycles. The molecule has 35 heavy (non-hydrogen) atoms. The number of aromatic amines is 1. The van der Waals surface area contributed by atoms with Gasteiger partial charge in [-0.15, -0.1) is 0 Å². The number of likely N-dealkylation sites (tertiary alicyclic amines) is 1. The summed E-state index contributed by atoms with van der Waals surface area (Å²) in [5.74, 6) is 0.856. The first-order chi connectivity index (χ1) is 17.1. The van der Waals surface area contributed by atoms with Gasteiger partial charge in [0.1, 0.15) is 11.8 Å². The molecule has 0 spiro atoms. The first-order valence-electron chi connectivity index (χ1n) is 12.8. The number of halogens is 1. The van der Waals surface area contributed by atoms with E-state index in [2.05, 4.69) is 22.0 Å². The summed E-state index contributed by atoms with van der Waals surface area (Å²) in [6, 6.07) is 13.8. The molecule has 3 heterocycles. The lowest BCUT2D eigenvalue weighted by molar-refractivity contribution is 0.0932. The van der Waals surface area contributed by atoms with Gasteiger partial charge < -0.3 is 19.4 Å². The van der Waals surface area contributed by atoms with Crippen LogP contribution in [0.5, 0.6) is 5.75 Å². The number of hydrogen-bond donors (Lipinski definition) is 1. The Morgan fingerprint density at radius 2 is 1.89 bits per heavy atom. The van der Waals surface area contributed by atoms with Gasteiger partial charge in [-0.3, -0.25) is 4.90 Å². The van der Waals surface area contributed by atoms with Crippen LogP contribution in [0.1, 0.15) is 55.5 Å². The van der Waals surface area contributed by atoms with E-state index in [4.69, 9.17) is 21.1 Å². The smallest absolute Gasteiger partial charge is 0.410 e. The van der Waals surface area contributed by atoms with Gasteiger partial charge in [0.2, 0.25) is 0 Å². The lowest BCUT2D eigenvalue weighted by Gasteiger charge is -2.35. The Labute approximate surface area is 212 Å². The predicted octanol–water partition coefficient (Wildman–Crippen LogP) is 6.18. The molecule has 1 aromatic heterocycles. The number of nitrogens with one attached hydrogen (secondary N) is 1. The number of nitrogens with zero attached hydrogens (tertiary/aromatic N) is 2. The van der Waals surface area contributed by atoms with E-state index >= 15 is 0 Å². The van der Waals surface area contributed by atoms with Crippen LogP contribution in [0.15, 0.2) is 42.5 Å². The zero-order valence-electron chi connectivity index (χ0n) is 20.4. The second-order valence-electron chi connectivity index (χ2n) is 9.43. The predicted molar refractivity (Wildman–Crippen MR) is 139 cm³/mol. The highest BCUT2D eigenvalue weighted by Crippen LogP contribution is 2.39. The summed E-state index contributed by atoms with van der Waals surface area (Å²) in [7, 11) is 0. The van der Waals surface area contributed by atoms with Crippen LogP contribution in [-0.2, 0) is 11.2 Å². The van der Waals surface area contributed by atoms with Gasteiger partial charge >= 0.3 is 6.09 Å². The first kappa shape index (κ1) is 24.0. The molecule has 1 saturated heterocycles. The van der Waals surface area contributed by atoms with Crippen molar-refractivity contribution < 1.29 is 14.3 Å². The first-order valence-corrected chi connectivity index (χ1v) is 13.2. The summed E-state index contributed by atoms with van der Waals surface area (Å²) in [4.78, 5) is 20.8. The fraction of sp³-hybridized carbons (Fsp3) is 0.464. The minimum absolute atomic E-state index is 0.253. The van der Waals surface area contributed by atoms with E-state index in [1.807, 2.05) is 42.2 Å². The third-order valence-corrected chi connectivity index (χ3v) is 7.36. The summed E-state index contributed by atoms with van der Waals surface area (Å²) in [5.41, 5.74) is 4.30. The number of fused-ring (bicyclic) bond motifs is 3. The maximum Gasteiger partial charge on any atom is 0.410 e. The van der Waals surface area contributed by atoms with Crippen molar-refractivity contribution in [1.29, 1.82) is 0 Å². The molecular formula is C28H34ClN3O3. The maximum absolute atomic E-state index is 12.9. The highest BCUT2D eigenvalue weighted by molar-refractivity contribution is 6.31. The van der Waals surface area contributed by atoms with E-state index in [-0.39, 0.29) is 12.1 Å². The van der Waals surface area contributed by atoms with Gasteiger partial charge in [-0.25, -0.2) is 4.79 Å². The van der Waals surface area contributed by atoms with E-state index in [1.165, 1.54) is 37.9 Å². The zero-order chi connectivity index (χ0) is 24.2. The Bertz CT molecular complexity index is 1150. The number of H-pyrrole nitrogens is 1. The Morgan fingerprint density at radius 1 is 1.09 bits per heavy atom. The lowest BCUT2D eigenvalue weighted by atomic mass is 9.92. The highest BCUT2D eigenvalue weighted by atomic mass is 35.5. The van der Waals surface area contributed by atoms with Crippen molar-refractivity contribution in [3.8, 4) is 5.75 Å². The average molecular weight is 496 g/mol. The number of carbonyl (C=O) groups is 1. The number of amides is 1. The number of carbonyl (C=O) groups excluding carboxylic acids is 1. The normalized spacial score (nSPS) is 18.5. The summed E-state index contributed by atoms with van der Waals surface area (Å²) < 4.78 is 11.4. The van der Waals surface area contributed by atoms with Crippen LogP contribution in [-0.4, -0.2) is 60.3 Å². The fourth-order valence-corrected chi connectivity index (χ4v) is 5.59. The Kier molecular flexibility index (Phi) is 7.49. The van der Waals surface area contributed by atoms with Crippen molar-refractivity contribution in [3.63, 3.8) is 0 Å². The molecule has 0 radical (unpaired) electrons. The minimum Gasteiger partial charge on any atom is -0.494 e. The monoisotopic (exact) mass is 495 g/mol. The standard InChI is InChI=1S/C28H34ClN3O3/c1-2-34-28(33)32-17-13-23-24-19-21(29)9-12-25(24)30-26(23)27(32)20-7-10-22(11-8-20)35-18-6-16-31-14-4-3-5-15-31/h7-12,19,27,30H,2-6,13-18H2,1H3. The summed E-state index contributed by atoms with van der Waals surface area (Å²) in [6.45, 7) is 7.02. The quantitative estimate of drug-likeness (QED) is 0.397. The Balaban J connectivity index is 1.34. The van der Waals surface area contributed by atoms with Crippen molar-refractivity contribution in [2.75, 3.05) is 39.4 Å². The lowest BCUT2D eigenvalue weighted by Crippen LogP contribution is -2.40. The van der Waals surface area contributed by atoms with Gasteiger partial charge in [-0.05, 0) is 87.2 Å². The molecule has 5 rings (SSSR count). The topological polar surface area (TPSA) is 57.8 Å². The van der Waals surface area contributed by atoms with Crippen LogP contribution in [0.2, 0.25) is 5.02 Å². The van der Waals surface area contributed by atoms with Crippen LogP contribution < -0.4 is 4.74 Å². The van der Waals surface area contributed by atoms with E-state index in [9.17, 15) is 4.79 Å². The van der Waals surface area contributed by atoms with Gasteiger partial charge in [0.15, 0.2) is 0 Å². The summed E-state index contributed by atoms with van der Waals surface area (Å²) in [5, 5.41) is 1.83. The van der Waals surface area contributed by atoms with Crippen LogP contribution in [0.4, 0.5) is 4.79 Å². The van der Waals surface area contributed by atoms with Gasteiger partial charge in [-0.2, -0.15) is 0 Å². The van der Waals surface area contributed by atoms with Crippen molar-refractivity contribution in [2.45, 2.75) is 45.1 Å².